The van der Waals surface area contributed by atoms with E-state index in [1.54, 1.807) is 44.2 Å². The molecule has 1 N–H and O–H groups in total. The Labute approximate surface area is 160 Å². The number of thioether (sulfide) groups is 1. The van der Waals surface area contributed by atoms with Crippen LogP contribution in [0.15, 0.2) is 30.3 Å². The molecular weight excluding hydrogens is 327 g/mol. The van der Waals surface area contributed by atoms with E-state index in [1.807, 2.05) is 0 Å². The van der Waals surface area contributed by atoms with Crippen molar-refractivity contribution in [1.82, 2.24) is 10.2 Å². The SMILES string of the molecule is CC1(C)SC2C(NC(=O)c3ccccc3)C(=O)N2C1C(=O)[O-].[Na+]. The number of amides is 2. The van der Waals surface area contributed by atoms with Crippen molar-refractivity contribution in [3.8, 4) is 0 Å². The molecule has 0 bridgehead atoms. The van der Waals surface area contributed by atoms with Crippen LogP contribution in [-0.4, -0.2) is 44.9 Å². The van der Waals surface area contributed by atoms with Crippen LogP contribution in [0.5, 0.6) is 0 Å². The zero-order valence-corrected chi connectivity index (χ0v) is 15.9. The van der Waals surface area contributed by atoms with Gasteiger partial charge in [0, 0.05) is 10.3 Å². The van der Waals surface area contributed by atoms with Gasteiger partial charge in [0.15, 0.2) is 0 Å². The normalized spacial score (nSPS) is 27.5. The van der Waals surface area contributed by atoms with Crippen LogP contribution in [0, 0.1) is 0 Å². The molecule has 3 rings (SSSR count). The fourth-order valence-corrected chi connectivity index (χ4v) is 4.56. The largest absolute Gasteiger partial charge is 1.00 e. The number of β-lactam (4-membered cyclic amide) rings is 1. The zero-order chi connectivity index (χ0) is 16.1. The number of fused-ring (bicyclic) bond motifs is 1. The van der Waals surface area contributed by atoms with E-state index in [0.717, 1.165) is 0 Å². The first-order valence-electron chi connectivity index (χ1n) is 6.90. The molecule has 2 aliphatic heterocycles. The smallest absolute Gasteiger partial charge is 0.548 e. The average Bonchev–Trinajstić information content (AvgIpc) is 2.74. The van der Waals surface area contributed by atoms with Crippen molar-refractivity contribution in [2.45, 2.75) is 36.1 Å². The Balaban J connectivity index is 0.00000192. The quantitative estimate of drug-likeness (QED) is 0.457. The maximum absolute atomic E-state index is 12.2. The maximum atomic E-state index is 12.2. The molecule has 2 amide bonds. The van der Waals surface area contributed by atoms with Crippen molar-refractivity contribution in [3.05, 3.63) is 35.9 Å². The monoisotopic (exact) mass is 342 g/mol. The standard InChI is InChI=1S/C15H16N2O4S.Na/c1-15(2)10(14(20)21)17-12(19)9(13(17)22-15)16-11(18)8-6-4-3-5-7-8;/h3-7,9-10,13H,1-2H3,(H,16,18)(H,20,21);/q;+1/p-1. The molecular formula is C15H15N2NaO4S. The predicted octanol–water partition coefficient (Wildman–Crippen LogP) is -3.40. The number of hydrogen-bond acceptors (Lipinski definition) is 5. The summed E-state index contributed by atoms with van der Waals surface area (Å²) >= 11 is 1.37. The molecule has 0 radical (unpaired) electrons. The molecule has 0 aromatic heterocycles. The van der Waals surface area contributed by atoms with Gasteiger partial charge in [0.05, 0.1) is 12.0 Å². The fourth-order valence-electron chi connectivity index (χ4n) is 2.94. The van der Waals surface area contributed by atoms with Gasteiger partial charge in [0.1, 0.15) is 11.4 Å². The summed E-state index contributed by atoms with van der Waals surface area (Å²) in [7, 11) is 0. The Bertz CT molecular complexity index is 652. The number of hydrogen-bond donors (Lipinski definition) is 1. The minimum Gasteiger partial charge on any atom is -0.548 e. The topological polar surface area (TPSA) is 89.5 Å². The van der Waals surface area contributed by atoms with Crippen LogP contribution in [0.1, 0.15) is 24.2 Å². The second-order valence-corrected chi connectivity index (χ2v) is 7.67. The number of benzene rings is 1. The first-order valence-corrected chi connectivity index (χ1v) is 7.77. The summed E-state index contributed by atoms with van der Waals surface area (Å²) < 4.78 is -0.647. The molecule has 116 valence electrons. The number of nitrogens with zero attached hydrogens (tertiary/aromatic N) is 1. The number of carboxylic acid groups (broad SMARTS) is 1. The van der Waals surface area contributed by atoms with E-state index in [-0.39, 0.29) is 46.7 Å². The van der Waals surface area contributed by atoms with Crippen LogP contribution in [0.3, 0.4) is 0 Å². The first kappa shape index (κ1) is 18.3. The molecule has 23 heavy (non-hydrogen) atoms. The van der Waals surface area contributed by atoms with E-state index in [4.69, 9.17) is 0 Å². The Morgan fingerprint density at radius 2 is 1.87 bits per heavy atom. The molecule has 8 heteroatoms. The molecule has 0 saturated carbocycles. The van der Waals surface area contributed by atoms with Gasteiger partial charge >= 0.3 is 29.6 Å². The minimum atomic E-state index is -1.26. The van der Waals surface area contributed by atoms with Gasteiger partial charge in [-0.15, -0.1) is 11.8 Å². The van der Waals surface area contributed by atoms with E-state index in [2.05, 4.69) is 5.32 Å². The zero-order valence-electron chi connectivity index (χ0n) is 13.1. The first-order chi connectivity index (χ1) is 10.3. The van der Waals surface area contributed by atoms with Gasteiger partial charge in [-0.2, -0.15) is 0 Å². The molecule has 1 aromatic rings. The summed E-state index contributed by atoms with van der Waals surface area (Å²) in [5, 5.41) is 13.6. The van der Waals surface area contributed by atoms with E-state index in [9.17, 15) is 19.5 Å². The number of carbonyl (C=O) groups is 3. The van der Waals surface area contributed by atoms with Gasteiger partial charge in [0.25, 0.3) is 5.91 Å². The van der Waals surface area contributed by atoms with Crippen LogP contribution >= 0.6 is 11.8 Å². The number of carboxylic acids is 1. The second-order valence-electron chi connectivity index (χ2n) is 5.90. The summed E-state index contributed by atoms with van der Waals surface area (Å²) in [6.07, 6.45) is 0. The van der Waals surface area contributed by atoms with Gasteiger partial charge in [0.2, 0.25) is 5.91 Å². The third-order valence-corrected chi connectivity index (χ3v) is 5.56. The van der Waals surface area contributed by atoms with Crippen LogP contribution in [0.4, 0.5) is 0 Å². The molecule has 2 saturated heterocycles. The Hall–Kier alpha value is -1.02. The van der Waals surface area contributed by atoms with E-state index < -0.39 is 22.8 Å². The third kappa shape index (κ3) is 3.03. The van der Waals surface area contributed by atoms with Crippen molar-refractivity contribution in [2.24, 2.45) is 0 Å². The van der Waals surface area contributed by atoms with Gasteiger partial charge in [-0.05, 0) is 26.0 Å². The maximum Gasteiger partial charge on any atom is 1.00 e. The van der Waals surface area contributed by atoms with Crippen LogP contribution in [-0.2, 0) is 9.59 Å². The summed E-state index contributed by atoms with van der Waals surface area (Å²) in [5.74, 6) is -1.98. The van der Waals surface area contributed by atoms with Gasteiger partial charge in [-0.25, -0.2) is 0 Å². The van der Waals surface area contributed by atoms with Crippen molar-refractivity contribution < 1.29 is 49.0 Å². The number of nitrogens with one attached hydrogen (secondary N) is 1. The Morgan fingerprint density at radius 1 is 1.26 bits per heavy atom. The summed E-state index contributed by atoms with van der Waals surface area (Å²) in [5.41, 5.74) is 0.465. The second kappa shape index (κ2) is 6.47. The van der Waals surface area contributed by atoms with Gasteiger partial charge in [-0.3, -0.25) is 9.59 Å². The molecule has 2 heterocycles. The molecule has 2 aliphatic rings. The van der Waals surface area contributed by atoms with Crippen LogP contribution in [0.2, 0.25) is 0 Å². The van der Waals surface area contributed by atoms with E-state index in [0.29, 0.717) is 5.56 Å². The predicted molar refractivity (Wildman–Crippen MR) is 78.8 cm³/mol. The summed E-state index contributed by atoms with van der Waals surface area (Å²) in [6.45, 7) is 3.53. The van der Waals surface area contributed by atoms with E-state index in [1.165, 1.54) is 16.7 Å². The summed E-state index contributed by atoms with van der Waals surface area (Å²) in [6, 6.07) is 6.93. The molecule has 0 aliphatic carbocycles. The van der Waals surface area contributed by atoms with Crippen molar-refractivity contribution >= 4 is 29.5 Å². The van der Waals surface area contributed by atoms with Crippen LogP contribution < -0.4 is 40.0 Å². The number of aliphatic carboxylic acids is 1. The molecule has 6 nitrogen and oxygen atoms in total. The van der Waals surface area contributed by atoms with Crippen molar-refractivity contribution in [2.75, 3.05) is 0 Å². The average molecular weight is 342 g/mol. The molecule has 2 fully saturated rings. The summed E-state index contributed by atoms with van der Waals surface area (Å²) in [4.78, 5) is 37.0. The molecule has 3 unspecified atom stereocenters. The van der Waals surface area contributed by atoms with E-state index >= 15 is 0 Å². The van der Waals surface area contributed by atoms with Gasteiger partial charge < -0.3 is 20.1 Å². The van der Waals surface area contributed by atoms with Crippen molar-refractivity contribution in [1.29, 1.82) is 0 Å². The Morgan fingerprint density at radius 3 is 2.43 bits per heavy atom. The number of rotatable bonds is 3. The third-order valence-electron chi connectivity index (χ3n) is 3.99. The minimum absolute atomic E-state index is 0. The molecule has 1 aromatic carbocycles. The van der Waals surface area contributed by atoms with Crippen LogP contribution in [0.25, 0.3) is 0 Å². The fraction of sp³-hybridized carbons (Fsp3) is 0.400. The number of carbonyl (C=O) groups excluding carboxylic acids is 3. The molecule has 3 atom stereocenters. The molecule has 0 spiro atoms. The van der Waals surface area contributed by atoms with Crippen molar-refractivity contribution in [3.63, 3.8) is 0 Å². The van der Waals surface area contributed by atoms with Gasteiger partial charge in [-0.1, -0.05) is 18.2 Å². The Kier molecular flexibility index (Phi) is 5.15.